The minimum absolute atomic E-state index is 0.0301. The number of pyridine rings is 1. The van der Waals surface area contributed by atoms with Crippen molar-refractivity contribution in [1.82, 2.24) is 19.7 Å². The lowest BCUT2D eigenvalue weighted by atomic mass is 10.3. The standard InChI is InChI=1S/C12H16F2N6/c1-3-4-15-11-8(13)5-9(14)12(18-11)16-6-10-17-7-20(2)19-10/h5,7H,3-4,6H2,1-2H3,(H2,15,16,18). The van der Waals surface area contributed by atoms with Gasteiger partial charge in [0, 0.05) is 19.7 Å². The first-order valence-electron chi connectivity index (χ1n) is 6.28. The van der Waals surface area contributed by atoms with Gasteiger partial charge < -0.3 is 10.6 Å². The molecule has 0 fully saturated rings. The fourth-order valence-electron chi connectivity index (χ4n) is 1.59. The zero-order valence-electron chi connectivity index (χ0n) is 11.3. The highest BCUT2D eigenvalue weighted by molar-refractivity contribution is 5.47. The van der Waals surface area contributed by atoms with E-state index >= 15 is 0 Å². The van der Waals surface area contributed by atoms with Crippen LogP contribution in [0.3, 0.4) is 0 Å². The molecule has 2 N–H and O–H groups in total. The summed E-state index contributed by atoms with van der Waals surface area (Å²) in [6.45, 7) is 2.72. The van der Waals surface area contributed by atoms with Crippen LogP contribution in [-0.4, -0.2) is 26.3 Å². The third kappa shape index (κ3) is 3.40. The molecule has 0 bridgehead atoms. The molecule has 0 radical (unpaired) electrons. The minimum Gasteiger partial charge on any atom is -0.368 e. The van der Waals surface area contributed by atoms with Crippen molar-refractivity contribution >= 4 is 11.6 Å². The van der Waals surface area contributed by atoms with Gasteiger partial charge in [-0.15, -0.1) is 0 Å². The Morgan fingerprint density at radius 1 is 1.20 bits per heavy atom. The SMILES string of the molecule is CCCNc1nc(NCc2ncn(C)n2)c(F)cc1F. The smallest absolute Gasteiger partial charge is 0.169 e. The van der Waals surface area contributed by atoms with Gasteiger partial charge >= 0.3 is 0 Å². The summed E-state index contributed by atoms with van der Waals surface area (Å²) in [5.41, 5.74) is 0. The summed E-state index contributed by atoms with van der Waals surface area (Å²) in [6.07, 6.45) is 2.36. The number of hydrogen-bond donors (Lipinski definition) is 2. The Bertz CT molecular complexity index is 583. The van der Waals surface area contributed by atoms with Gasteiger partial charge in [-0.05, 0) is 6.42 Å². The lowest BCUT2D eigenvalue weighted by Gasteiger charge is -2.09. The normalized spacial score (nSPS) is 10.6. The van der Waals surface area contributed by atoms with Crippen LogP contribution in [-0.2, 0) is 13.6 Å². The van der Waals surface area contributed by atoms with E-state index in [9.17, 15) is 8.78 Å². The van der Waals surface area contributed by atoms with E-state index < -0.39 is 11.6 Å². The molecule has 0 saturated carbocycles. The van der Waals surface area contributed by atoms with E-state index in [1.54, 1.807) is 18.1 Å². The molecule has 2 aromatic heterocycles. The molecule has 2 aromatic rings. The van der Waals surface area contributed by atoms with Crippen LogP contribution in [0.2, 0.25) is 0 Å². The van der Waals surface area contributed by atoms with Crippen LogP contribution >= 0.6 is 0 Å². The molecule has 2 heterocycles. The quantitative estimate of drug-likeness (QED) is 0.847. The van der Waals surface area contributed by atoms with Gasteiger partial charge in [0.15, 0.2) is 29.1 Å². The van der Waals surface area contributed by atoms with Gasteiger partial charge in [0.1, 0.15) is 6.33 Å². The molecule has 20 heavy (non-hydrogen) atoms. The topological polar surface area (TPSA) is 67.7 Å². The van der Waals surface area contributed by atoms with Crippen molar-refractivity contribution in [2.45, 2.75) is 19.9 Å². The van der Waals surface area contributed by atoms with E-state index in [4.69, 9.17) is 0 Å². The molecule has 0 atom stereocenters. The maximum Gasteiger partial charge on any atom is 0.169 e. The Hall–Kier alpha value is -2.25. The van der Waals surface area contributed by atoms with Crippen molar-refractivity contribution in [1.29, 1.82) is 0 Å². The van der Waals surface area contributed by atoms with Gasteiger partial charge in [0.25, 0.3) is 0 Å². The van der Waals surface area contributed by atoms with Crippen molar-refractivity contribution in [2.24, 2.45) is 7.05 Å². The van der Waals surface area contributed by atoms with Gasteiger partial charge in [-0.2, -0.15) is 5.10 Å². The van der Waals surface area contributed by atoms with Gasteiger partial charge in [0.05, 0.1) is 6.54 Å². The van der Waals surface area contributed by atoms with Gasteiger partial charge in [0.2, 0.25) is 0 Å². The van der Waals surface area contributed by atoms with Crippen molar-refractivity contribution in [2.75, 3.05) is 17.2 Å². The number of rotatable bonds is 6. The maximum atomic E-state index is 13.6. The highest BCUT2D eigenvalue weighted by Gasteiger charge is 2.12. The molecule has 0 aromatic carbocycles. The number of aromatic nitrogens is 4. The largest absolute Gasteiger partial charge is 0.368 e. The van der Waals surface area contributed by atoms with Crippen LogP contribution < -0.4 is 10.6 Å². The number of nitrogens with one attached hydrogen (secondary N) is 2. The first-order valence-corrected chi connectivity index (χ1v) is 6.28. The van der Waals surface area contributed by atoms with Gasteiger partial charge in [-0.3, -0.25) is 4.68 Å². The highest BCUT2D eigenvalue weighted by Crippen LogP contribution is 2.19. The first-order chi connectivity index (χ1) is 9.60. The van der Waals surface area contributed by atoms with Crippen molar-refractivity contribution in [3.8, 4) is 0 Å². The lowest BCUT2D eigenvalue weighted by molar-refractivity contribution is 0.577. The zero-order chi connectivity index (χ0) is 14.5. The Labute approximate surface area is 115 Å². The number of hydrogen-bond acceptors (Lipinski definition) is 5. The fraction of sp³-hybridized carbons (Fsp3) is 0.417. The molecule has 6 nitrogen and oxygen atoms in total. The van der Waals surface area contributed by atoms with Crippen molar-refractivity contribution in [3.63, 3.8) is 0 Å². The Morgan fingerprint density at radius 2 is 1.90 bits per heavy atom. The molecule has 0 saturated heterocycles. The lowest BCUT2D eigenvalue weighted by Crippen LogP contribution is -2.10. The molecule has 108 valence electrons. The summed E-state index contributed by atoms with van der Waals surface area (Å²) in [7, 11) is 1.74. The molecule has 0 spiro atoms. The van der Waals surface area contributed by atoms with Crippen LogP contribution in [0.4, 0.5) is 20.4 Å². The number of nitrogens with zero attached hydrogens (tertiary/aromatic N) is 4. The summed E-state index contributed by atoms with van der Waals surface area (Å²) in [5, 5.41) is 9.61. The molecule has 0 aliphatic heterocycles. The van der Waals surface area contributed by atoms with Gasteiger partial charge in [-0.25, -0.2) is 18.7 Å². The van der Waals surface area contributed by atoms with E-state index in [1.165, 1.54) is 0 Å². The third-order valence-electron chi connectivity index (χ3n) is 2.53. The zero-order valence-corrected chi connectivity index (χ0v) is 11.3. The number of anilines is 2. The summed E-state index contributed by atoms with van der Waals surface area (Å²) >= 11 is 0. The molecule has 2 rings (SSSR count). The molecule has 0 aliphatic rings. The van der Waals surface area contributed by atoms with Gasteiger partial charge in [-0.1, -0.05) is 6.92 Å². The summed E-state index contributed by atoms with van der Waals surface area (Å²) < 4.78 is 28.7. The average molecular weight is 282 g/mol. The van der Waals surface area contributed by atoms with E-state index in [1.807, 2.05) is 6.92 Å². The molecule has 8 heteroatoms. The second-order valence-electron chi connectivity index (χ2n) is 4.26. The maximum absolute atomic E-state index is 13.6. The monoisotopic (exact) mass is 282 g/mol. The predicted molar refractivity (Wildman–Crippen MR) is 71.3 cm³/mol. The first kappa shape index (κ1) is 14.2. The number of halogens is 2. The molecule has 0 amide bonds. The van der Waals surface area contributed by atoms with Crippen molar-refractivity contribution < 1.29 is 8.78 Å². The summed E-state index contributed by atoms with van der Waals surface area (Å²) in [5.74, 6) is -0.957. The summed E-state index contributed by atoms with van der Waals surface area (Å²) in [4.78, 5) is 7.90. The molecule has 0 unspecified atom stereocenters. The summed E-state index contributed by atoms with van der Waals surface area (Å²) in [6, 6.07) is 0.805. The Kier molecular flexibility index (Phi) is 4.44. The third-order valence-corrected chi connectivity index (χ3v) is 2.53. The average Bonchev–Trinajstić information content (AvgIpc) is 2.82. The van der Waals surface area contributed by atoms with Crippen LogP contribution in [0.15, 0.2) is 12.4 Å². The van der Waals surface area contributed by atoms with Crippen LogP contribution in [0.1, 0.15) is 19.2 Å². The van der Waals surface area contributed by atoms with Crippen LogP contribution in [0.5, 0.6) is 0 Å². The second kappa shape index (κ2) is 6.27. The van der Waals surface area contributed by atoms with E-state index in [0.29, 0.717) is 12.4 Å². The predicted octanol–water partition coefficient (Wildman–Crippen LogP) is 1.92. The fourth-order valence-corrected chi connectivity index (χ4v) is 1.59. The highest BCUT2D eigenvalue weighted by atomic mass is 19.1. The van der Waals surface area contributed by atoms with Crippen molar-refractivity contribution in [3.05, 3.63) is 29.9 Å². The second-order valence-corrected chi connectivity index (χ2v) is 4.26. The molecular weight excluding hydrogens is 266 g/mol. The van der Waals surface area contributed by atoms with Crippen LogP contribution in [0.25, 0.3) is 0 Å². The Balaban J connectivity index is 2.09. The Morgan fingerprint density at radius 3 is 2.50 bits per heavy atom. The van der Waals surface area contributed by atoms with E-state index in [0.717, 1.165) is 12.5 Å². The minimum atomic E-state index is -0.750. The van der Waals surface area contributed by atoms with Crippen LogP contribution in [0, 0.1) is 11.6 Å². The van der Waals surface area contributed by atoms with E-state index in [2.05, 4.69) is 25.7 Å². The number of aryl methyl sites for hydroxylation is 1. The van der Waals surface area contributed by atoms with E-state index in [-0.39, 0.29) is 18.2 Å². The molecular formula is C12H16F2N6. The molecule has 0 aliphatic carbocycles.